The maximum absolute atomic E-state index is 11.8. The summed E-state index contributed by atoms with van der Waals surface area (Å²) >= 11 is 0. The van der Waals surface area contributed by atoms with E-state index in [0.29, 0.717) is 0 Å². The predicted molar refractivity (Wildman–Crippen MR) is 88.3 cm³/mol. The Bertz CT molecular complexity index is 704. The Labute approximate surface area is 135 Å². The van der Waals surface area contributed by atoms with E-state index in [9.17, 15) is 9.59 Å². The molecule has 2 aromatic rings. The van der Waals surface area contributed by atoms with E-state index >= 15 is 0 Å². The van der Waals surface area contributed by atoms with Crippen LogP contribution in [0.5, 0.6) is 0 Å². The Morgan fingerprint density at radius 2 is 1.65 bits per heavy atom. The van der Waals surface area contributed by atoms with Gasteiger partial charge < -0.3 is 10.4 Å². The van der Waals surface area contributed by atoms with E-state index in [1.807, 2.05) is 36.4 Å². The van der Waals surface area contributed by atoms with Gasteiger partial charge in [-0.1, -0.05) is 36.4 Å². The minimum atomic E-state index is -0.919. The summed E-state index contributed by atoms with van der Waals surface area (Å²) in [4.78, 5) is 22.7. The number of carbonyl (C=O) groups excluding carboxylic acids is 1. The van der Waals surface area contributed by atoms with Crippen LogP contribution in [0.3, 0.4) is 0 Å². The van der Waals surface area contributed by atoms with Crippen LogP contribution >= 0.6 is 0 Å². The quantitative estimate of drug-likeness (QED) is 0.912. The lowest BCUT2D eigenvalue weighted by molar-refractivity contribution is -0.126. The molecule has 4 nitrogen and oxygen atoms in total. The molecular formula is C19H19NO3. The third-order valence-corrected chi connectivity index (χ3v) is 4.30. The van der Waals surface area contributed by atoms with Gasteiger partial charge in [0.05, 0.1) is 5.56 Å². The SMILES string of the molecule is O=C(O)c1ccc(-c2ccc(CC3CCCNC3=O)cc2)cc1. The number of carbonyl (C=O) groups is 2. The van der Waals surface area contributed by atoms with Gasteiger partial charge in [-0.3, -0.25) is 4.79 Å². The average Bonchev–Trinajstić information content (AvgIpc) is 2.58. The van der Waals surface area contributed by atoms with Gasteiger partial charge in [0.2, 0.25) is 5.91 Å². The third kappa shape index (κ3) is 3.59. The Kier molecular flexibility index (Phi) is 4.42. The number of rotatable bonds is 4. The minimum Gasteiger partial charge on any atom is -0.478 e. The lowest BCUT2D eigenvalue weighted by atomic mass is 9.91. The largest absolute Gasteiger partial charge is 0.478 e. The van der Waals surface area contributed by atoms with Crippen LogP contribution in [0, 0.1) is 5.92 Å². The van der Waals surface area contributed by atoms with Gasteiger partial charge in [-0.15, -0.1) is 0 Å². The minimum absolute atomic E-state index is 0.0736. The highest BCUT2D eigenvalue weighted by molar-refractivity contribution is 5.88. The highest BCUT2D eigenvalue weighted by Crippen LogP contribution is 2.23. The van der Waals surface area contributed by atoms with Crippen LogP contribution in [0.2, 0.25) is 0 Å². The molecule has 2 aromatic carbocycles. The number of carboxylic acid groups (broad SMARTS) is 1. The molecule has 1 aliphatic rings. The first-order valence-electron chi connectivity index (χ1n) is 7.84. The number of amides is 1. The lowest BCUT2D eigenvalue weighted by Crippen LogP contribution is -2.37. The molecule has 1 aliphatic heterocycles. The first-order chi connectivity index (χ1) is 11.1. The summed E-state index contributed by atoms with van der Waals surface area (Å²) in [5.41, 5.74) is 3.46. The van der Waals surface area contributed by atoms with E-state index in [4.69, 9.17) is 5.11 Å². The van der Waals surface area contributed by atoms with Gasteiger partial charge in [0.1, 0.15) is 0 Å². The maximum atomic E-state index is 11.8. The van der Waals surface area contributed by atoms with Crippen molar-refractivity contribution in [2.75, 3.05) is 6.54 Å². The number of aromatic carboxylic acids is 1. The Morgan fingerprint density at radius 1 is 1.04 bits per heavy atom. The van der Waals surface area contributed by atoms with Crippen molar-refractivity contribution >= 4 is 11.9 Å². The molecule has 2 N–H and O–H groups in total. The van der Waals surface area contributed by atoms with Crippen LogP contribution in [-0.2, 0) is 11.2 Å². The molecule has 0 radical (unpaired) electrons. The first-order valence-corrected chi connectivity index (χ1v) is 7.84. The summed E-state index contributed by atoms with van der Waals surface area (Å²) in [6, 6.07) is 15.0. The van der Waals surface area contributed by atoms with Crippen molar-refractivity contribution in [3.05, 3.63) is 59.7 Å². The fourth-order valence-electron chi connectivity index (χ4n) is 2.95. The van der Waals surface area contributed by atoms with E-state index in [0.717, 1.165) is 42.5 Å². The zero-order chi connectivity index (χ0) is 16.2. The number of nitrogens with one attached hydrogen (secondary N) is 1. The van der Waals surface area contributed by atoms with Crippen LogP contribution in [0.25, 0.3) is 11.1 Å². The van der Waals surface area contributed by atoms with E-state index in [1.54, 1.807) is 12.1 Å². The number of hydrogen-bond acceptors (Lipinski definition) is 2. The summed E-state index contributed by atoms with van der Waals surface area (Å²) in [7, 11) is 0. The molecule has 0 aromatic heterocycles. The molecule has 0 spiro atoms. The summed E-state index contributed by atoms with van der Waals surface area (Å²) in [6.45, 7) is 0.792. The van der Waals surface area contributed by atoms with Crippen molar-refractivity contribution in [1.29, 1.82) is 0 Å². The first kappa shape index (κ1) is 15.3. The standard InChI is InChI=1S/C19H19NO3/c21-18-17(2-1-11-20-18)12-13-3-5-14(6-4-13)15-7-9-16(10-8-15)19(22)23/h3-10,17H,1-2,11-12H2,(H,20,21)(H,22,23). The third-order valence-electron chi connectivity index (χ3n) is 4.30. The smallest absolute Gasteiger partial charge is 0.335 e. The molecule has 1 fully saturated rings. The van der Waals surface area contributed by atoms with Crippen LogP contribution in [0.15, 0.2) is 48.5 Å². The lowest BCUT2D eigenvalue weighted by Gasteiger charge is -2.21. The fraction of sp³-hybridized carbons (Fsp3) is 0.263. The highest BCUT2D eigenvalue weighted by atomic mass is 16.4. The van der Waals surface area contributed by atoms with Crippen LogP contribution < -0.4 is 5.32 Å². The molecule has 1 saturated heterocycles. The van der Waals surface area contributed by atoms with Crippen molar-refractivity contribution in [1.82, 2.24) is 5.32 Å². The molecule has 3 rings (SSSR count). The summed E-state index contributed by atoms with van der Waals surface area (Å²) in [5.74, 6) is -0.688. The highest BCUT2D eigenvalue weighted by Gasteiger charge is 2.21. The topological polar surface area (TPSA) is 66.4 Å². The van der Waals surface area contributed by atoms with Gasteiger partial charge in [0.25, 0.3) is 0 Å². The van der Waals surface area contributed by atoms with Gasteiger partial charge in [0, 0.05) is 12.5 Å². The van der Waals surface area contributed by atoms with Crippen LogP contribution in [0.4, 0.5) is 0 Å². The molecule has 1 heterocycles. The number of piperidine rings is 1. The predicted octanol–water partition coefficient (Wildman–Crippen LogP) is 3.12. The number of hydrogen-bond donors (Lipinski definition) is 2. The molecule has 4 heteroatoms. The average molecular weight is 309 g/mol. The van der Waals surface area contributed by atoms with Crippen LogP contribution in [0.1, 0.15) is 28.8 Å². The second-order valence-electron chi connectivity index (χ2n) is 5.91. The zero-order valence-corrected chi connectivity index (χ0v) is 12.8. The summed E-state index contributed by atoms with van der Waals surface area (Å²) in [5, 5.41) is 11.8. The maximum Gasteiger partial charge on any atom is 0.335 e. The van der Waals surface area contributed by atoms with E-state index in [1.165, 1.54) is 0 Å². The molecule has 0 bridgehead atoms. The van der Waals surface area contributed by atoms with Crippen molar-refractivity contribution in [3.8, 4) is 11.1 Å². The van der Waals surface area contributed by atoms with Crippen LogP contribution in [-0.4, -0.2) is 23.5 Å². The molecule has 118 valence electrons. The molecule has 1 unspecified atom stereocenters. The Morgan fingerprint density at radius 3 is 2.22 bits per heavy atom. The fourth-order valence-corrected chi connectivity index (χ4v) is 2.95. The van der Waals surface area contributed by atoms with Gasteiger partial charge in [-0.05, 0) is 48.1 Å². The van der Waals surface area contributed by atoms with Crippen molar-refractivity contribution in [2.24, 2.45) is 5.92 Å². The summed E-state index contributed by atoms with van der Waals surface area (Å²) in [6.07, 6.45) is 2.76. The number of carboxylic acids is 1. The van der Waals surface area contributed by atoms with E-state index in [2.05, 4.69) is 5.32 Å². The van der Waals surface area contributed by atoms with Crippen molar-refractivity contribution < 1.29 is 14.7 Å². The molecule has 23 heavy (non-hydrogen) atoms. The van der Waals surface area contributed by atoms with E-state index in [-0.39, 0.29) is 17.4 Å². The van der Waals surface area contributed by atoms with Gasteiger partial charge >= 0.3 is 5.97 Å². The van der Waals surface area contributed by atoms with E-state index < -0.39 is 5.97 Å². The Balaban J connectivity index is 1.71. The zero-order valence-electron chi connectivity index (χ0n) is 12.8. The normalized spacial score (nSPS) is 17.6. The summed E-state index contributed by atoms with van der Waals surface area (Å²) < 4.78 is 0. The molecule has 1 amide bonds. The second-order valence-corrected chi connectivity index (χ2v) is 5.91. The monoisotopic (exact) mass is 309 g/mol. The van der Waals surface area contributed by atoms with Crippen molar-refractivity contribution in [2.45, 2.75) is 19.3 Å². The second kappa shape index (κ2) is 6.65. The van der Waals surface area contributed by atoms with Gasteiger partial charge in [-0.2, -0.15) is 0 Å². The number of benzene rings is 2. The molecule has 1 atom stereocenters. The molecule has 0 aliphatic carbocycles. The van der Waals surface area contributed by atoms with Gasteiger partial charge in [0.15, 0.2) is 0 Å². The Hall–Kier alpha value is -2.62. The molecular weight excluding hydrogens is 290 g/mol. The van der Waals surface area contributed by atoms with Crippen molar-refractivity contribution in [3.63, 3.8) is 0 Å². The molecule has 0 saturated carbocycles. The van der Waals surface area contributed by atoms with Gasteiger partial charge in [-0.25, -0.2) is 4.79 Å².